The molecule has 1 unspecified atom stereocenters. The Morgan fingerprint density at radius 3 is 2.21 bits per heavy atom. The summed E-state index contributed by atoms with van der Waals surface area (Å²) in [6.07, 6.45) is -3.54. The number of phenolic OH excluding ortho intramolecular Hbond substituents is 5. The smallest absolute Gasteiger partial charge is 0.322 e. The van der Waals surface area contributed by atoms with Gasteiger partial charge in [-0.3, -0.25) is 19.2 Å². The van der Waals surface area contributed by atoms with E-state index < -0.39 is 88.6 Å². The van der Waals surface area contributed by atoms with Gasteiger partial charge in [-0.25, -0.2) is 0 Å². The van der Waals surface area contributed by atoms with E-state index in [0.717, 1.165) is 36.0 Å². The zero-order valence-corrected chi connectivity index (χ0v) is 22.4. The van der Waals surface area contributed by atoms with Crippen LogP contribution in [0.25, 0.3) is 0 Å². The average Bonchev–Trinajstić information content (AvgIpc) is 2.91. The van der Waals surface area contributed by atoms with Gasteiger partial charge in [0.25, 0.3) is 0 Å². The maximum Gasteiger partial charge on any atom is 0.322 e. The fourth-order valence-electron chi connectivity index (χ4n) is 4.10. The van der Waals surface area contributed by atoms with Crippen LogP contribution in [0.5, 0.6) is 34.5 Å². The number of aliphatic hydroxyl groups is 1. The van der Waals surface area contributed by atoms with Gasteiger partial charge >= 0.3 is 11.9 Å². The molecule has 0 bridgehead atoms. The molecule has 228 valence electrons. The van der Waals surface area contributed by atoms with Crippen molar-refractivity contribution in [1.29, 1.82) is 0 Å². The Morgan fingerprint density at radius 1 is 0.976 bits per heavy atom. The number of hydrogen-bond acceptors (Lipinski definition) is 13. The minimum atomic E-state index is -1.56. The standard InChI is InChI=1S/C25H29N3O13S/c26-11(25(39)40)1-2-17(33)28-12(24(38)27-7-18(34)35)8-42-23-19-13(30)5-10(29)6-16(19)41-22(21(23)37)9-3-14(31)20(36)15(32)4-9/h3-6,11-12,21-23,29-32,36-37H,1-2,7-8,26H2,(H,27,38)(H,28,33)(H,34,35)(H,39,40)/t11-,12-,21?,22+,23-/m0/s1. The van der Waals surface area contributed by atoms with Gasteiger partial charge in [-0.2, -0.15) is 0 Å². The van der Waals surface area contributed by atoms with Crippen LogP contribution in [0.3, 0.4) is 0 Å². The fraction of sp³-hybridized carbons (Fsp3) is 0.360. The number of amides is 2. The Kier molecular flexibility index (Phi) is 10.2. The van der Waals surface area contributed by atoms with Crippen LogP contribution in [0.2, 0.25) is 0 Å². The Morgan fingerprint density at radius 2 is 1.62 bits per heavy atom. The first-order valence-corrected chi connectivity index (χ1v) is 13.3. The Labute approximate surface area is 241 Å². The number of rotatable bonds is 12. The van der Waals surface area contributed by atoms with Crippen molar-refractivity contribution in [3.63, 3.8) is 0 Å². The number of carboxylic acids is 2. The average molecular weight is 612 g/mol. The van der Waals surface area contributed by atoms with Crippen LogP contribution >= 0.6 is 11.8 Å². The van der Waals surface area contributed by atoms with Gasteiger partial charge in [0.05, 0.1) is 10.8 Å². The summed E-state index contributed by atoms with van der Waals surface area (Å²) in [5.41, 5.74) is 5.40. The molecular weight excluding hydrogens is 582 g/mol. The largest absolute Gasteiger partial charge is 0.508 e. The molecule has 2 aromatic rings. The molecule has 1 aliphatic heterocycles. The molecule has 0 spiro atoms. The van der Waals surface area contributed by atoms with E-state index in [9.17, 15) is 49.8 Å². The number of phenols is 5. The fourth-order valence-corrected chi connectivity index (χ4v) is 5.48. The Balaban J connectivity index is 1.91. The molecule has 0 saturated carbocycles. The molecule has 1 aliphatic rings. The third-order valence-corrected chi connectivity index (χ3v) is 7.59. The van der Waals surface area contributed by atoms with Crippen LogP contribution in [0.4, 0.5) is 0 Å². The number of carbonyl (C=O) groups excluding carboxylic acids is 2. The van der Waals surface area contributed by atoms with Crippen molar-refractivity contribution in [1.82, 2.24) is 10.6 Å². The SMILES string of the molecule is N[C@@H](CCC(=O)N[C@@H](CS[C@H]1c2c(O)cc(O)cc2O[C@H](c2cc(O)c(O)c(O)c2)C1O)C(=O)NCC(=O)O)C(=O)O. The molecule has 2 aromatic carbocycles. The molecule has 1 heterocycles. The van der Waals surface area contributed by atoms with E-state index in [1.165, 1.54) is 0 Å². The lowest BCUT2D eigenvalue weighted by Crippen LogP contribution is -2.50. The maximum absolute atomic E-state index is 12.8. The van der Waals surface area contributed by atoms with Crippen LogP contribution in [0, 0.1) is 0 Å². The van der Waals surface area contributed by atoms with Gasteiger partial charge in [-0.15, -0.1) is 11.8 Å². The molecule has 0 aliphatic carbocycles. The second-order valence-corrected chi connectivity index (χ2v) is 10.5. The lowest BCUT2D eigenvalue weighted by Gasteiger charge is -2.37. The highest BCUT2D eigenvalue weighted by Gasteiger charge is 2.42. The number of carbonyl (C=O) groups is 4. The van der Waals surface area contributed by atoms with Gasteiger partial charge in [0.2, 0.25) is 11.8 Å². The molecule has 2 amide bonds. The van der Waals surface area contributed by atoms with E-state index in [0.29, 0.717) is 0 Å². The van der Waals surface area contributed by atoms with E-state index in [1.54, 1.807) is 0 Å². The van der Waals surface area contributed by atoms with Crippen molar-refractivity contribution in [3.05, 3.63) is 35.4 Å². The first-order chi connectivity index (χ1) is 19.7. The number of aromatic hydroxyl groups is 5. The first kappa shape index (κ1) is 31.9. The molecule has 0 radical (unpaired) electrons. The highest BCUT2D eigenvalue weighted by atomic mass is 32.2. The summed E-state index contributed by atoms with van der Waals surface area (Å²) >= 11 is 0.832. The molecular formula is C25H29N3O13S. The number of benzene rings is 2. The molecule has 12 N–H and O–H groups in total. The summed E-state index contributed by atoms with van der Waals surface area (Å²) < 4.78 is 5.77. The third kappa shape index (κ3) is 7.56. The van der Waals surface area contributed by atoms with E-state index in [-0.39, 0.29) is 35.5 Å². The third-order valence-electron chi connectivity index (χ3n) is 6.19. The molecule has 17 heteroatoms. The number of ether oxygens (including phenoxy) is 1. The normalized spacial score (nSPS) is 19.0. The van der Waals surface area contributed by atoms with Crippen LogP contribution in [-0.2, 0) is 19.2 Å². The van der Waals surface area contributed by atoms with Gasteiger partial charge in [0.1, 0.15) is 42.0 Å². The summed E-state index contributed by atoms with van der Waals surface area (Å²) in [7, 11) is 0. The first-order valence-electron chi connectivity index (χ1n) is 12.2. The molecule has 5 atom stereocenters. The minimum absolute atomic E-state index is 0.00257. The van der Waals surface area contributed by atoms with Gasteiger partial charge in [-0.05, 0) is 18.6 Å². The van der Waals surface area contributed by atoms with E-state index in [4.69, 9.17) is 20.7 Å². The van der Waals surface area contributed by atoms with Gasteiger partial charge in [0, 0.05) is 29.9 Å². The van der Waals surface area contributed by atoms with E-state index >= 15 is 0 Å². The van der Waals surface area contributed by atoms with Crippen molar-refractivity contribution in [3.8, 4) is 34.5 Å². The lowest BCUT2D eigenvalue weighted by atomic mass is 9.93. The Bertz CT molecular complexity index is 1350. The molecule has 0 aromatic heterocycles. The predicted molar refractivity (Wildman–Crippen MR) is 143 cm³/mol. The quantitative estimate of drug-likeness (QED) is 0.133. The zero-order chi connectivity index (χ0) is 31.3. The van der Waals surface area contributed by atoms with Crippen LogP contribution < -0.4 is 21.1 Å². The van der Waals surface area contributed by atoms with Crippen molar-refractivity contribution < 1.29 is 64.8 Å². The van der Waals surface area contributed by atoms with Gasteiger partial charge < -0.3 is 62.0 Å². The highest BCUT2D eigenvalue weighted by molar-refractivity contribution is 7.99. The number of nitrogens with two attached hydrogens (primary N) is 1. The summed E-state index contributed by atoms with van der Waals surface area (Å²) in [5.74, 6) is -7.97. The summed E-state index contributed by atoms with van der Waals surface area (Å²) in [6, 6.07) is 1.40. The number of nitrogens with one attached hydrogen (secondary N) is 2. The van der Waals surface area contributed by atoms with Crippen LogP contribution in [-0.4, -0.2) is 95.1 Å². The van der Waals surface area contributed by atoms with E-state index in [1.807, 2.05) is 0 Å². The van der Waals surface area contributed by atoms with Crippen LogP contribution in [0.1, 0.15) is 35.3 Å². The second kappa shape index (κ2) is 13.4. The summed E-state index contributed by atoms with van der Waals surface area (Å²) in [6.45, 7) is -0.779. The van der Waals surface area contributed by atoms with Gasteiger partial charge in [-0.1, -0.05) is 0 Å². The topological polar surface area (TPSA) is 289 Å². The minimum Gasteiger partial charge on any atom is -0.508 e. The second-order valence-electron chi connectivity index (χ2n) is 9.28. The monoisotopic (exact) mass is 611 g/mol. The molecule has 0 fully saturated rings. The van der Waals surface area contributed by atoms with Crippen molar-refractivity contribution in [2.45, 2.75) is 42.4 Å². The van der Waals surface area contributed by atoms with E-state index in [2.05, 4.69) is 10.6 Å². The number of carboxylic acid groups (broad SMARTS) is 2. The number of aliphatic hydroxyl groups excluding tert-OH is 1. The zero-order valence-electron chi connectivity index (χ0n) is 21.6. The summed E-state index contributed by atoms with van der Waals surface area (Å²) in [4.78, 5) is 47.1. The molecule has 42 heavy (non-hydrogen) atoms. The molecule has 16 nitrogen and oxygen atoms in total. The van der Waals surface area contributed by atoms with Crippen molar-refractivity contribution in [2.75, 3.05) is 12.3 Å². The predicted octanol–water partition coefficient (Wildman–Crippen LogP) is -0.639. The molecule has 3 rings (SSSR count). The maximum atomic E-state index is 12.8. The number of thioether (sulfide) groups is 1. The molecule has 0 saturated heterocycles. The van der Waals surface area contributed by atoms with Crippen molar-refractivity contribution >= 4 is 35.5 Å². The number of fused-ring (bicyclic) bond motifs is 1. The van der Waals surface area contributed by atoms with Gasteiger partial charge in [0.15, 0.2) is 23.4 Å². The van der Waals surface area contributed by atoms with Crippen LogP contribution in [0.15, 0.2) is 24.3 Å². The number of hydrogen-bond donors (Lipinski definition) is 11. The summed E-state index contributed by atoms with van der Waals surface area (Å²) in [5, 5.41) is 82.7. The number of aliphatic carboxylic acids is 2. The Hall–Kier alpha value is -4.61. The lowest BCUT2D eigenvalue weighted by molar-refractivity contribution is -0.139. The highest BCUT2D eigenvalue weighted by Crippen LogP contribution is 2.53. The van der Waals surface area contributed by atoms with Crippen molar-refractivity contribution in [2.24, 2.45) is 5.73 Å².